The molecule has 0 spiro atoms. The van der Waals surface area contributed by atoms with Crippen LogP contribution in [0.3, 0.4) is 0 Å². The quantitative estimate of drug-likeness (QED) is 0.506. The Labute approximate surface area is 122 Å². The number of benzene rings is 2. The maximum absolute atomic E-state index is 13.5. The molecule has 0 fully saturated rings. The van der Waals surface area contributed by atoms with E-state index < -0.39 is 11.7 Å². The zero-order valence-corrected chi connectivity index (χ0v) is 11.9. The van der Waals surface area contributed by atoms with Crippen LogP contribution >= 0.6 is 15.9 Å². The number of hydrogen-bond acceptors (Lipinski definition) is 0. The van der Waals surface area contributed by atoms with Crippen molar-refractivity contribution in [1.29, 1.82) is 0 Å². The van der Waals surface area contributed by atoms with Gasteiger partial charge in [-0.3, -0.25) is 0 Å². The van der Waals surface area contributed by atoms with Crippen molar-refractivity contribution in [1.82, 2.24) is 0 Å². The highest BCUT2D eigenvalue weighted by molar-refractivity contribution is 9.09. The Morgan fingerprint density at radius 3 is 2.10 bits per heavy atom. The second-order valence-corrected chi connectivity index (χ2v) is 5.49. The summed E-state index contributed by atoms with van der Waals surface area (Å²) in [5.74, 6) is -0.316. The highest BCUT2D eigenvalue weighted by Crippen LogP contribution is 2.32. The third-order valence-electron chi connectivity index (χ3n) is 2.96. The molecule has 1 atom stereocenters. The number of halogens is 5. The fourth-order valence-corrected chi connectivity index (χ4v) is 2.51. The van der Waals surface area contributed by atoms with E-state index in [9.17, 15) is 17.6 Å². The number of alkyl halides is 4. The smallest absolute Gasteiger partial charge is 0.207 e. The molecule has 0 bridgehead atoms. The molecular weight excluding hydrogens is 336 g/mol. The van der Waals surface area contributed by atoms with E-state index in [2.05, 4.69) is 15.9 Å². The molecule has 0 radical (unpaired) electrons. The molecule has 2 aromatic carbocycles. The molecule has 0 heterocycles. The Kier molecular flexibility index (Phi) is 4.48. The summed E-state index contributed by atoms with van der Waals surface area (Å²) in [5.41, 5.74) is 0.516. The summed E-state index contributed by atoms with van der Waals surface area (Å²) in [6.07, 6.45) is -3.97. The Morgan fingerprint density at radius 1 is 0.950 bits per heavy atom. The van der Waals surface area contributed by atoms with Crippen LogP contribution in [0, 0.1) is 5.82 Å². The van der Waals surface area contributed by atoms with Crippen LogP contribution in [-0.2, 0) is 12.6 Å². The van der Waals surface area contributed by atoms with Crippen LogP contribution in [0.15, 0.2) is 48.5 Å². The molecular formula is C15H11BrF4. The minimum Gasteiger partial charge on any atom is -0.207 e. The zero-order valence-electron chi connectivity index (χ0n) is 10.3. The van der Waals surface area contributed by atoms with Gasteiger partial charge in [0.1, 0.15) is 5.82 Å². The Balaban J connectivity index is 2.14. The van der Waals surface area contributed by atoms with Crippen molar-refractivity contribution in [2.75, 3.05) is 0 Å². The van der Waals surface area contributed by atoms with Gasteiger partial charge in [-0.1, -0.05) is 46.3 Å². The Morgan fingerprint density at radius 2 is 1.55 bits per heavy atom. The first kappa shape index (κ1) is 15.0. The van der Waals surface area contributed by atoms with Crippen molar-refractivity contribution in [2.24, 2.45) is 0 Å². The van der Waals surface area contributed by atoms with Crippen LogP contribution < -0.4 is 0 Å². The van der Waals surface area contributed by atoms with E-state index in [4.69, 9.17) is 0 Å². The summed E-state index contributed by atoms with van der Waals surface area (Å²) in [4.78, 5) is -0.235. The van der Waals surface area contributed by atoms with E-state index >= 15 is 0 Å². The van der Waals surface area contributed by atoms with Gasteiger partial charge in [-0.2, -0.15) is 13.2 Å². The molecule has 0 amide bonds. The molecule has 0 saturated carbocycles. The van der Waals surface area contributed by atoms with Gasteiger partial charge in [-0.15, -0.1) is 0 Å². The minimum absolute atomic E-state index is 0.235. The highest BCUT2D eigenvalue weighted by atomic mass is 79.9. The molecule has 2 aromatic rings. The van der Waals surface area contributed by atoms with Crippen LogP contribution in [0.25, 0.3) is 0 Å². The molecule has 0 N–H and O–H groups in total. The molecule has 0 aliphatic heterocycles. The van der Waals surface area contributed by atoms with Gasteiger partial charge in [0.25, 0.3) is 0 Å². The third-order valence-corrected chi connectivity index (χ3v) is 3.81. The molecule has 1 unspecified atom stereocenters. The lowest BCUT2D eigenvalue weighted by molar-refractivity contribution is -0.137. The minimum atomic E-state index is -4.34. The third kappa shape index (κ3) is 3.60. The van der Waals surface area contributed by atoms with Crippen LogP contribution in [0.2, 0.25) is 0 Å². The summed E-state index contributed by atoms with van der Waals surface area (Å²) in [6, 6.07) is 11.2. The van der Waals surface area contributed by atoms with Gasteiger partial charge < -0.3 is 0 Å². The number of rotatable bonds is 3. The SMILES string of the molecule is Fc1ccccc1CC(Br)c1ccc(C(F)(F)F)cc1. The molecule has 106 valence electrons. The fraction of sp³-hybridized carbons (Fsp3) is 0.200. The second kappa shape index (κ2) is 5.95. The largest absolute Gasteiger partial charge is 0.416 e. The maximum atomic E-state index is 13.5. The predicted octanol–water partition coefficient (Wildman–Crippen LogP) is 5.52. The standard InChI is InChI=1S/C15H11BrF4/c16-13(9-11-3-1-2-4-14(11)17)10-5-7-12(8-6-10)15(18,19)20/h1-8,13H,9H2. The Bertz CT molecular complexity index is 575. The van der Waals surface area contributed by atoms with Crippen molar-refractivity contribution < 1.29 is 17.6 Å². The average Bonchev–Trinajstić information content (AvgIpc) is 2.40. The normalized spacial score (nSPS) is 13.2. The first-order chi connectivity index (χ1) is 9.38. The van der Waals surface area contributed by atoms with Gasteiger partial charge in [-0.05, 0) is 35.7 Å². The van der Waals surface area contributed by atoms with Gasteiger partial charge in [0.2, 0.25) is 0 Å². The summed E-state index contributed by atoms with van der Waals surface area (Å²) >= 11 is 3.38. The van der Waals surface area contributed by atoms with Crippen LogP contribution in [0.1, 0.15) is 21.5 Å². The monoisotopic (exact) mass is 346 g/mol. The van der Waals surface area contributed by atoms with Crippen LogP contribution in [-0.4, -0.2) is 0 Å². The number of hydrogen-bond donors (Lipinski definition) is 0. The lowest BCUT2D eigenvalue weighted by Crippen LogP contribution is -2.05. The predicted molar refractivity (Wildman–Crippen MR) is 73.2 cm³/mol. The van der Waals surface area contributed by atoms with Crippen LogP contribution in [0.4, 0.5) is 17.6 Å². The molecule has 0 saturated heterocycles. The van der Waals surface area contributed by atoms with E-state index in [1.807, 2.05) is 0 Å². The first-order valence-corrected chi connectivity index (χ1v) is 6.84. The summed E-state index contributed by atoms with van der Waals surface area (Å²) in [7, 11) is 0. The van der Waals surface area contributed by atoms with Crippen molar-refractivity contribution in [3.05, 3.63) is 71.0 Å². The summed E-state index contributed by atoms with van der Waals surface area (Å²) in [6.45, 7) is 0. The Hall–Kier alpha value is -1.36. The average molecular weight is 347 g/mol. The van der Waals surface area contributed by atoms with Gasteiger partial charge in [0.05, 0.1) is 5.56 Å². The van der Waals surface area contributed by atoms with Gasteiger partial charge in [-0.25, -0.2) is 4.39 Å². The molecule has 5 heteroatoms. The van der Waals surface area contributed by atoms with Crippen molar-refractivity contribution >= 4 is 15.9 Å². The van der Waals surface area contributed by atoms with Crippen molar-refractivity contribution in [2.45, 2.75) is 17.4 Å². The van der Waals surface area contributed by atoms with E-state index in [0.29, 0.717) is 17.5 Å². The lowest BCUT2D eigenvalue weighted by atomic mass is 10.0. The van der Waals surface area contributed by atoms with Crippen LogP contribution in [0.5, 0.6) is 0 Å². The molecule has 0 aliphatic rings. The molecule has 2 rings (SSSR count). The highest BCUT2D eigenvalue weighted by Gasteiger charge is 2.30. The first-order valence-electron chi connectivity index (χ1n) is 5.92. The van der Waals surface area contributed by atoms with E-state index in [-0.39, 0.29) is 10.6 Å². The molecule has 0 aliphatic carbocycles. The zero-order chi connectivity index (χ0) is 14.8. The fourth-order valence-electron chi connectivity index (χ4n) is 1.86. The topological polar surface area (TPSA) is 0 Å². The van der Waals surface area contributed by atoms with Gasteiger partial charge in [0.15, 0.2) is 0 Å². The van der Waals surface area contributed by atoms with Gasteiger partial charge >= 0.3 is 6.18 Å². The van der Waals surface area contributed by atoms with E-state index in [1.165, 1.54) is 18.2 Å². The lowest BCUT2D eigenvalue weighted by Gasteiger charge is -2.12. The molecule has 20 heavy (non-hydrogen) atoms. The van der Waals surface area contributed by atoms with E-state index in [0.717, 1.165) is 12.1 Å². The van der Waals surface area contributed by atoms with Crippen molar-refractivity contribution in [3.8, 4) is 0 Å². The summed E-state index contributed by atoms with van der Waals surface area (Å²) < 4.78 is 50.9. The van der Waals surface area contributed by atoms with Crippen molar-refractivity contribution in [3.63, 3.8) is 0 Å². The van der Waals surface area contributed by atoms with Gasteiger partial charge in [0, 0.05) is 4.83 Å². The maximum Gasteiger partial charge on any atom is 0.416 e. The molecule has 0 aromatic heterocycles. The second-order valence-electron chi connectivity index (χ2n) is 4.38. The van der Waals surface area contributed by atoms with E-state index in [1.54, 1.807) is 18.2 Å². The summed E-state index contributed by atoms with van der Waals surface area (Å²) in [5, 5.41) is 0. The molecule has 0 nitrogen and oxygen atoms in total.